The molecular formula is C20H24N4O3. The summed E-state index contributed by atoms with van der Waals surface area (Å²) in [6.45, 7) is 3.69. The van der Waals surface area contributed by atoms with Crippen LogP contribution in [0.3, 0.4) is 0 Å². The van der Waals surface area contributed by atoms with Crippen molar-refractivity contribution in [1.82, 2.24) is 5.32 Å². The zero-order valence-electron chi connectivity index (χ0n) is 15.3. The number of nitrogens with one attached hydrogen (secondary N) is 2. The molecule has 0 unspecified atom stereocenters. The Labute approximate surface area is 158 Å². The smallest absolute Gasteiger partial charge is 0.407 e. The summed E-state index contributed by atoms with van der Waals surface area (Å²) >= 11 is 0. The highest BCUT2D eigenvalue weighted by atomic mass is 16.5. The number of hydrogen-bond donors (Lipinski definition) is 3. The minimum Gasteiger partial charge on any atom is -0.450 e. The van der Waals surface area contributed by atoms with Gasteiger partial charge < -0.3 is 26.0 Å². The van der Waals surface area contributed by atoms with Gasteiger partial charge in [0.05, 0.1) is 24.0 Å². The number of carbonyl (C=O) groups excluding carboxylic acids is 2. The van der Waals surface area contributed by atoms with E-state index in [0.717, 1.165) is 18.7 Å². The Morgan fingerprint density at radius 3 is 2.63 bits per heavy atom. The molecule has 0 spiro atoms. The molecule has 1 aliphatic heterocycles. The number of alkyl carbamates (subject to hydrolysis) is 1. The van der Waals surface area contributed by atoms with E-state index in [1.54, 1.807) is 31.2 Å². The van der Waals surface area contributed by atoms with Gasteiger partial charge in [-0.05, 0) is 49.7 Å². The zero-order chi connectivity index (χ0) is 19.2. The molecule has 2 aromatic carbocycles. The molecule has 1 saturated heterocycles. The molecule has 0 aromatic heterocycles. The van der Waals surface area contributed by atoms with Crippen LogP contribution in [0.15, 0.2) is 48.5 Å². The summed E-state index contributed by atoms with van der Waals surface area (Å²) < 4.78 is 4.92. The molecule has 2 amide bonds. The van der Waals surface area contributed by atoms with Gasteiger partial charge in [0.15, 0.2) is 0 Å². The lowest BCUT2D eigenvalue weighted by Crippen LogP contribution is -2.37. The van der Waals surface area contributed by atoms with Crippen LogP contribution in [0.4, 0.5) is 21.9 Å². The predicted octanol–water partition coefficient (Wildman–Crippen LogP) is 2.85. The van der Waals surface area contributed by atoms with Gasteiger partial charge in [-0.1, -0.05) is 12.1 Å². The zero-order valence-corrected chi connectivity index (χ0v) is 15.3. The Balaban J connectivity index is 1.58. The molecule has 0 bridgehead atoms. The molecule has 2 aromatic rings. The van der Waals surface area contributed by atoms with E-state index in [0.29, 0.717) is 30.1 Å². The maximum Gasteiger partial charge on any atom is 0.407 e. The maximum atomic E-state index is 12.4. The second-order valence-corrected chi connectivity index (χ2v) is 6.38. The molecule has 0 saturated carbocycles. The van der Waals surface area contributed by atoms with E-state index in [4.69, 9.17) is 10.5 Å². The molecule has 7 nitrogen and oxygen atoms in total. The van der Waals surface area contributed by atoms with Crippen LogP contribution in [-0.2, 0) is 4.74 Å². The fourth-order valence-corrected chi connectivity index (χ4v) is 3.08. The second kappa shape index (κ2) is 8.44. The average Bonchev–Trinajstić information content (AvgIpc) is 3.12. The number of para-hydroxylation sites is 2. The predicted molar refractivity (Wildman–Crippen MR) is 106 cm³/mol. The van der Waals surface area contributed by atoms with Gasteiger partial charge in [0, 0.05) is 24.3 Å². The third-order valence-electron chi connectivity index (χ3n) is 4.49. The molecule has 4 N–H and O–H groups in total. The SMILES string of the molecule is CCOC(=O)N[C@H]1CCN(c2ccc(C(=O)Nc3ccccc3N)cc2)C1. The fourth-order valence-electron chi connectivity index (χ4n) is 3.08. The normalized spacial score (nSPS) is 16.0. The van der Waals surface area contributed by atoms with E-state index in [1.165, 1.54) is 0 Å². The maximum absolute atomic E-state index is 12.4. The van der Waals surface area contributed by atoms with E-state index >= 15 is 0 Å². The van der Waals surface area contributed by atoms with E-state index in [2.05, 4.69) is 15.5 Å². The second-order valence-electron chi connectivity index (χ2n) is 6.38. The van der Waals surface area contributed by atoms with Crippen molar-refractivity contribution < 1.29 is 14.3 Å². The Hall–Kier alpha value is -3.22. The molecule has 3 rings (SSSR count). The van der Waals surface area contributed by atoms with Gasteiger partial charge >= 0.3 is 6.09 Å². The quantitative estimate of drug-likeness (QED) is 0.705. The summed E-state index contributed by atoms with van der Waals surface area (Å²) in [5.41, 5.74) is 8.55. The van der Waals surface area contributed by atoms with Crippen LogP contribution in [-0.4, -0.2) is 37.7 Å². The number of carbonyl (C=O) groups is 2. The van der Waals surface area contributed by atoms with Gasteiger partial charge in [-0.2, -0.15) is 0 Å². The largest absolute Gasteiger partial charge is 0.450 e. The van der Waals surface area contributed by atoms with Crippen molar-refractivity contribution in [3.05, 3.63) is 54.1 Å². The molecule has 1 fully saturated rings. The standard InChI is InChI=1S/C20H24N4O3/c1-2-27-20(26)22-15-11-12-24(13-15)16-9-7-14(8-10-16)19(25)23-18-6-4-3-5-17(18)21/h3-10,15H,2,11-13,21H2,1H3,(H,22,26)(H,23,25)/t15-/m0/s1. The summed E-state index contributed by atoms with van der Waals surface area (Å²) in [7, 11) is 0. The molecular weight excluding hydrogens is 344 g/mol. The van der Waals surface area contributed by atoms with E-state index < -0.39 is 0 Å². The molecule has 1 atom stereocenters. The van der Waals surface area contributed by atoms with Gasteiger partial charge in [0.1, 0.15) is 0 Å². The highest BCUT2D eigenvalue weighted by Crippen LogP contribution is 2.22. The minimum absolute atomic E-state index is 0.0630. The van der Waals surface area contributed by atoms with Crippen LogP contribution in [0, 0.1) is 0 Å². The number of hydrogen-bond acceptors (Lipinski definition) is 5. The van der Waals surface area contributed by atoms with E-state index in [-0.39, 0.29) is 18.0 Å². The van der Waals surface area contributed by atoms with E-state index in [9.17, 15) is 9.59 Å². The van der Waals surface area contributed by atoms with Crippen LogP contribution >= 0.6 is 0 Å². The molecule has 1 heterocycles. The molecule has 7 heteroatoms. The van der Waals surface area contributed by atoms with Crippen molar-refractivity contribution in [3.8, 4) is 0 Å². The third kappa shape index (κ3) is 4.69. The number of nitrogens with zero attached hydrogens (tertiary/aromatic N) is 1. The number of ether oxygens (including phenoxy) is 1. The van der Waals surface area contributed by atoms with Crippen LogP contribution in [0.5, 0.6) is 0 Å². The van der Waals surface area contributed by atoms with Crippen molar-refractivity contribution in [2.45, 2.75) is 19.4 Å². The number of benzene rings is 2. The summed E-state index contributed by atoms with van der Waals surface area (Å²) in [5, 5.41) is 5.68. The Morgan fingerprint density at radius 2 is 1.93 bits per heavy atom. The monoisotopic (exact) mass is 368 g/mol. The first kappa shape index (κ1) is 18.6. The van der Waals surface area contributed by atoms with Crippen LogP contribution in [0.2, 0.25) is 0 Å². The number of anilines is 3. The average molecular weight is 368 g/mol. The van der Waals surface area contributed by atoms with Crippen LogP contribution < -0.4 is 21.3 Å². The lowest BCUT2D eigenvalue weighted by atomic mass is 10.1. The van der Waals surface area contributed by atoms with Gasteiger partial charge in [-0.25, -0.2) is 4.79 Å². The van der Waals surface area contributed by atoms with Gasteiger partial charge in [-0.3, -0.25) is 4.79 Å². The van der Waals surface area contributed by atoms with Gasteiger partial charge in [0.2, 0.25) is 0 Å². The number of nitrogens with two attached hydrogens (primary N) is 1. The Morgan fingerprint density at radius 1 is 1.19 bits per heavy atom. The molecule has 142 valence electrons. The molecule has 27 heavy (non-hydrogen) atoms. The van der Waals surface area contributed by atoms with Crippen molar-refractivity contribution in [2.24, 2.45) is 0 Å². The fraction of sp³-hybridized carbons (Fsp3) is 0.300. The highest BCUT2D eigenvalue weighted by molar-refractivity contribution is 6.05. The lowest BCUT2D eigenvalue weighted by Gasteiger charge is -2.19. The third-order valence-corrected chi connectivity index (χ3v) is 4.49. The Bertz CT molecular complexity index is 807. The van der Waals surface area contributed by atoms with Crippen molar-refractivity contribution >= 4 is 29.1 Å². The summed E-state index contributed by atoms with van der Waals surface area (Å²) in [5.74, 6) is -0.206. The van der Waals surface area contributed by atoms with Gasteiger partial charge in [0.25, 0.3) is 5.91 Å². The Kier molecular flexibility index (Phi) is 5.80. The number of amides is 2. The summed E-state index contributed by atoms with van der Waals surface area (Å²) in [4.78, 5) is 26.1. The van der Waals surface area contributed by atoms with Crippen LogP contribution in [0.25, 0.3) is 0 Å². The highest BCUT2D eigenvalue weighted by Gasteiger charge is 2.24. The first-order chi connectivity index (χ1) is 13.1. The lowest BCUT2D eigenvalue weighted by molar-refractivity contribution is 0.102. The molecule has 0 radical (unpaired) electrons. The number of rotatable bonds is 5. The first-order valence-electron chi connectivity index (χ1n) is 9.01. The minimum atomic E-state index is -0.378. The first-order valence-corrected chi connectivity index (χ1v) is 9.01. The summed E-state index contributed by atoms with van der Waals surface area (Å²) in [6, 6.07) is 14.6. The topological polar surface area (TPSA) is 96.7 Å². The van der Waals surface area contributed by atoms with Crippen LogP contribution in [0.1, 0.15) is 23.7 Å². The summed E-state index contributed by atoms with van der Waals surface area (Å²) in [6.07, 6.45) is 0.477. The van der Waals surface area contributed by atoms with Gasteiger partial charge in [-0.15, -0.1) is 0 Å². The van der Waals surface area contributed by atoms with E-state index in [1.807, 2.05) is 24.3 Å². The van der Waals surface area contributed by atoms with Crippen molar-refractivity contribution in [1.29, 1.82) is 0 Å². The van der Waals surface area contributed by atoms with Crippen molar-refractivity contribution in [2.75, 3.05) is 35.6 Å². The van der Waals surface area contributed by atoms with Crippen molar-refractivity contribution in [3.63, 3.8) is 0 Å². The molecule has 0 aliphatic carbocycles. The molecule has 1 aliphatic rings. The number of nitrogen functional groups attached to an aromatic ring is 1.